The van der Waals surface area contributed by atoms with Gasteiger partial charge in [0.15, 0.2) is 5.13 Å². The predicted molar refractivity (Wildman–Crippen MR) is 116 cm³/mol. The number of rotatable bonds is 3. The van der Waals surface area contributed by atoms with Gasteiger partial charge >= 0.3 is 0 Å². The van der Waals surface area contributed by atoms with Crippen LogP contribution in [0.1, 0.15) is 35.3 Å². The van der Waals surface area contributed by atoms with Crippen molar-refractivity contribution in [1.29, 1.82) is 0 Å². The van der Waals surface area contributed by atoms with E-state index >= 15 is 0 Å². The molecular weight excluding hydrogens is 404 g/mol. The molecule has 0 saturated heterocycles. The molecular formula is C20H20N6OS2. The van der Waals surface area contributed by atoms with Crippen molar-refractivity contribution in [3.05, 3.63) is 52.7 Å². The van der Waals surface area contributed by atoms with Gasteiger partial charge in [0.25, 0.3) is 5.91 Å². The van der Waals surface area contributed by atoms with Gasteiger partial charge in [0.1, 0.15) is 5.03 Å². The summed E-state index contributed by atoms with van der Waals surface area (Å²) in [5, 5.41) is 10.0. The van der Waals surface area contributed by atoms with Crippen LogP contribution in [-0.2, 0) is 12.0 Å². The van der Waals surface area contributed by atoms with Crippen LogP contribution in [0.15, 0.2) is 41.0 Å². The first-order valence-corrected chi connectivity index (χ1v) is 11.2. The van der Waals surface area contributed by atoms with Gasteiger partial charge in [-0.15, -0.1) is 11.3 Å². The molecule has 0 radical (unpaired) electrons. The number of nitrogens with one attached hydrogen (secondary N) is 2. The normalized spacial score (nSPS) is 17.6. The van der Waals surface area contributed by atoms with Crippen molar-refractivity contribution in [2.75, 3.05) is 22.6 Å². The number of benzene rings is 1. The number of carbonyl (C=O) groups is 1. The Hall–Kier alpha value is -2.49. The van der Waals surface area contributed by atoms with Crippen LogP contribution in [0.5, 0.6) is 0 Å². The van der Waals surface area contributed by atoms with E-state index < -0.39 is 0 Å². The zero-order valence-electron chi connectivity index (χ0n) is 16.1. The number of anilines is 3. The highest BCUT2D eigenvalue weighted by Crippen LogP contribution is 2.34. The molecule has 0 unspecified atom stereocenters. The number of aromatic nitrogens is 3. The molecule has 4 heterocycles. The molecule has 2 aromatic heterocycles. The zero-order chi connectivity index (χ0) is 20.0. The van der Waals surface area contributed by atoms with E-state index in [2.05, 4.69) is 57.6 Å². The third-order valence-electron chi connectivity index (χ3n) is 5.18. The summed E-state index contributed by atoms with van der Waals surface area (Å²) in [5.74, 6) is 0.882. The summed E-state index contributed by atoms with van der Waals surface area (Å²) in [7, 11) is 0. The Labute approximate surface area is 177 Å². The first-order valence-electron chi connectivity index (χ1n) is 9.34. The monoisotopic (exact) mass is 424 g/mol. The lowest BCUT2D eigenvalue weighted by atomic mass is 9.79. The van der Waals surface area contributed by atoms with Gasteiger partial charge in [-0.05, 0) is 23.3 Å². The molecule has 0 bridgehead atoms. The first kappa shape index (κ1) is 18.5. The minimum absolute atomic E-state index is 0.109. The van der Waals surface area contributed by atoms with Crippen molar-refractivity contribution in [2.24, 2.45) is 0 Å². The maximum absolute atomic E-state index is 12.8. The van der Waals surface area contributed by atoms with Crippen molar-refractivity contribution in [3.63, 3.8) is 0 Å². The van der Waals surface area contributed by atoms with Gasteiger partial charge < -0.3 is 10.6 Å². The summed E-state index contributed by atoms with van der Waals surface area (Å²) in [6.07, 6.45) is 3.30. The highest BCUT2D eigenvalue weighted by Gasteiger charge is 2.30. The molecule has 1 aromatic carbocycles. The third kappa shape index (κ3) is 3.39. The van der Waals surface area contributed by atoms with Crippen molar-refractivity contribution < 1.29 is 4.79 Å². The number of thioether (sulfide) groups is 1. The third-order valence-corrected chi connectivity index (χ3v) is 6.95. The summed E-state index contributed by atoms with van der Waals surface area (Å²) in [6, 6.07) is 6.40. The zero-order valence-corrected chi connectivity index (χ0v) is 17.7. The molecule has 0 atom stereocenters. The number of fused-ring (bicyclic) bond motifs is 2. The number of carbonyl (C=O) groups excluding carboxylic acids is 1. The Bertz CT molecular complexity index is 1080. The Morgan fingerprint density at radius 3 is 3.00 bits per heavy atom. The highest BCUT2D eigenvalue weighted by molar-refractivity contribution is 7.99. The van der Waals surface area contributed by atoms with Crippen LogP contribution >= 0.6 is 23.1 Å². The second-order valence-corrected chi connectivity index (χ2v) is 9.52. The average molecular weight is 425 g/mol. The van der Waals surface area contributed by atoms with Gasteiger partial charge in [-0.2, -0.15) is 0 Å². The lowest BCUT2D eigenvalue weighted by Gasteiger charge is -2.33. The molecule has 9 heteroatoms. The van der Waals surface area contributed by atoms with Crippen LogP contribution in [0.2, 0.25) is 0 Å². The second-order valence-electron chi connectivity index (χ2n) is 7.72. The Kier molecular flexibility index (Phi) is 4.53. The van der Waals surface area contributed by atoms with Gasteiger partial charge in [0.05, 0.1) is 11.4 Å². The van der Waals surface area contributed by atoms with Crippen LogP contribution in [0.3, 0.4) is 0 Å². The molecule has 1 amide bonds. The van der Waals surface area contributed by atoms with E-state index in [1.54, 1.807) is 17.3 Å². The molecule has 29 heavy (non-hydrogen) atoms. The Morgan fingerprint density at radius 2 is 2.17 bits per heavy atom. The summed E-state index contributed by atoms with van der Waals surface area (Å²) < 4.78 is 0. The van der Waals surface area contributed by atoms with Gasteiger partial charge in [-0.1, -0.05) is 31.7 Å². The van der Waals surface area contributed by atoms with Gasteiger partial charge in [-0.3, -0.25) is 9.69 Å². The second kappa shape index (κ2) is 7.08. The fourth-order valence-electron chi connectivity index (χ4n) is 3.72. The standard InChI is InChI=1S/C20H20N6OS2/c1-20(2)10-21-8-12-7-13(3-4-15(12)20)24-18-23-9-14-16(25-18)29-11-26(17(14)27)19-22-5-6-28-19/h3-7,9,21H,8,10-11H2,1-2H3,(H,23,24,25). The molecule has 0 saturated carbocycles. The van der Waals surface area contributed by atoms with Gasteiger partial charge in [-0.25, -0.2) is 15.0 Å². The number of amides is 1. The largest absolute Gasteiger partial charge is 0.324 e. The van der Waals surface area contributed by atoms with E-state index in [1.807, 2.05) is 5.38 Å². The molecule has 0 spiro atoms. The fraction of sp³-hybridized carbons (Fsp3) is 0.300. The minimum Gasteiger partial charge on any atom is -0.324 e. The minimum atomic E-state index is -0.109. The number of thiazole rings is 1. The van der Waals surface area contributed by atoms with Crippen LogP contribution in [0.25, 0.3) is 0 Å². The summed E-state index contributed by atoms with van der Waals surface area (Å²) in [6.45, 7) is 6.34. The van der Waals surface area contributed by atoms with Crippen LogP contribution in [0, 0.1) is 0 Å². The van der Waals surface area contributed by atoms with E-state index in [-0.39, 0.29) is 11.3 Å². The SMILES string of the molecule is CC1(C)CNCc2cc(Nc3ncc4c(n3)SCN(c3nccs3)C4=O)ccc21. The quantitative estimate of drug-likeness (QED) is 0.619. The molecule has 7 nitrogen and oxygen atoms in total. The van der Waals surface area contributed by atoms with Crippen molar-refractivity contribution >= 4 is 45.8 Å². The van der Waals surface area contributed by atoms with Crippen molar-refractivity contribution in [1.82, 2.24) is 20.3 Å². The predicted octanol–water partition coefficient (Wildman–Crippen LogP) is 3.77. The van der Waals surface area contributed by atoms with E-state index in [0.29, 0.717) is 27.5 Å². The summed E-state index contributed by atoms with van der Waals surface area (Å²) >= 11 is 2.96. The van der Waals surface area contributed by atoms with E-state index in [4.69, 9.17) is 0 Å². The molecule has 2 aliphatic rings. The highest BCUT2D eigenvalue weighted by atomic mass is 32.2. The van der Waals surface area contributed by atoms with E-state index in [9.17, 15) is 4.79 Å². The summed E-state index contributed by atoms with van der Waals surface area (Å²) in [4.78, 5) is 27.6. The molecule has 2 N–H and O–H groups in total. The summed E-state index contributed by atoms with van der Waals surface area (Å²) in [5.41, 5.74) is 4.23. The lowest BCUT2D eigenvalue weighted by Crippen LogP contribution is -2.38. The van der Waals surface area contributed by atoms with Gasteiger partial charge in [0, 0.05) is 42.0 Å². The molecule has 3 aromatic rings. The first-order chi connectivity index (χ1) is 14.0. The topological polar surface area (TPSA) is 83.0 Å². The van der Waals surface area contributed by atoms with E-state index in [1.165, 1.54) is 34.2 Å². The van der Waals surface area contributed by atoms with Crippen LogP contribution in [0.4, 0.5) is 16.8 Å². The lowest BCUT2D eigenvalue weighted by molar-refractivity contribution is 0.0985. The molecule has 5 rings (SSSR count). The van der Waals surface area contributed by atoms with E-state index in [0.717, 1.165) is 18.8 Å². The Morgan fingerprint density at radius 1 is 1.28 bits per heavy atom. The molecule has 0 fully saturated rings. The maximum Gasteiger partial charge on any atom is 0.265 e. The average Bonchev–Trinajstić information content (AvgIpc) is 3.22. The smallest absolute Gasteiger partial charge is 0.265 e. The molecule has 2 aliphatic heterocycles. The number of nitrogens with zero attached hydrogens (tertiary/aromatic N) is 4. The maximum atomic E-state index is 12.8. The molecule has 0 aliphatic carbocycles. The number of hydrogen-bond donors (Lipinski definition) is 2. The Balaban J connectivity index is 1.38. The van der Waals surface area contributed by atoms with Crippen LogP contribution in [-0.4, -0.2) is 33.3 Å². The number of hydrogen-bond acceptors (Lipinski definition) is 8. The molecule has 148 valence electrons. The van der Waals surface area contributed by atoms with Crippen molar-refractivity contribution in [3.8, 4) is 0 Å². The van der Waals surface area contributed by atoms with Crippen molar-refractivity contribution in [2.45, 2.75) is 30.8 Å². The van der Waals surface area contributed by atoms with Gasteiger partial charge in [0.2, 0.25) is 5.95 Å². The fourth-order valence-corrected chi connectivity index (χ4v) is 5.38. The van der Waals surface area contributed by atoms with Crippen LogP contribution < -0.4 is 15.5 Å².